The summed E-state index contributed by atoms with van der Waals surface area (Å²) in [5.41, 5.74) is 8.35. The maximum absolute atomic E-state index is 12.1. The number of azide groups is 1. The SMILES string of the molecule is CC[C@@]12CCC(=O)[C@H](CCN=[N+]=[N-])[C@@H]1C(=O)CC2. The van der Waals surface area contributed by atoms with Crippen molar-refractivity contribution in [3.05, 3.63) is 10.4 Å². The molecule has 0 aliphatic heterocycles. The molecule has 2 saturated carbocycles. The van der Waals surface area contributed by atoms with Crippen molar-refractivity contribution < 1.29 is 9.59 Å². The van der Waals surface area contributed by atoms with Crippen LogP contribution in [-0.4, -0.2) is 18.1 Å². The van der Waals surface area contributed by atoms with Gasteiger partial charge >= 0.3 is 0 Å². The average Bonchev–Trinajstić information content (AvgIpc) is 2.71. The largest absolute Gasteiger partial charge is 0.299 e. The molecule has 5 nitrogen and oxygen atoms in total. The van der Waals surface area contributed by atoms with Crippen LogP contribution in [0, 0.1) is 17.3 Å². The summed E-state index contributed by atoms with van der Waals surface area (Å²) in [6.07, 6.45) is 4.48. The minimum Gasteiger partial charge on any atom is -0.299 e. The predicted molar refractivity (Wildman–Crippen MR) is 66.8 cm³/mol. The fourth-order valence-corrected chi connectivity index (χ4v) is 3.84. The van der Waals surface area contributed by atoms with Crippen molar-refractivity contribution in [3.63, 3.8) is 0 Å². The lowest BCUT2D eigenvalue weighted by atomic mass is 9.61. The first-order valence-corrected chi connectivity index (χ1v) is 6.71. The fraction of sp³-hybridized carbons (Fsp3) is 0.846. The minimum absolute atomic E-state index is 0.0476. The molecule has 0 aromatic heterocycles. The quantitative estimate of drug-likeness (QED) is 0.436. The van der Waals surface area contributed by atoms with Gasteiger partial charge in [0.1, 0.15) is 11.6 Å². The van der Waals surface area contributed by atoms with Crippen molar-refractivity contribution in [2.75, 3.05) is 6.54 Å². The van der Waals surface area contributed by atoms with Gasteiger partial charge in [0.25, 0.3) is 0 Å². The lowest BCUT2D eigenvalue weighted by Gasteiger charge is -2.42. The molecule has 0 bridgehead atoms. The van der Waals surface area contributed by atoms with Gasteiger partial charge in [-0.05, 0) is 36.6 Å². The van der Waals surface area contributed by atoms with Crippen LogP contribution in [0.25, 0.3) is 10.4 Å². The molecular weight excluding hydrogens is 230 g/mol. The number of Topliss-reactive ketones (excluding diaryl/α,β-unsaturated/α-hetero) is 2. The second-order valence-electron chi connectivity index (χ2n) is 5.48. The van der Waals surface area contributed by atoms with Gasteiger partial charge in [-0.2, -0.15) is 0 Å². The number of carbonyl (C=O) groups is 2. The minimum atomic E-state index is -0.209. The van der Waals surface area contributed by atoms with Crippen LogP contribution < -0.4 is 0 Å². The molecule has 0 aromatic carbocycles. The number of carbonyl (C=O) groups excluding carboxylic acids is 2. The van der Waals surface area contributed by atoms with Gasteiger partial charge in [-0.3, -0.25) is 9.59 Å². The van der Waals surface area contributed by atoms with Crippen LogP contribution in [0.15, 0.2) is 5.11 Å². The highest BCUT2D eigenvalue weighted by Crippen LogP contribution is 2.54. The molecule has 0 amide bonds. The zero-order valence-electron chi connectivity index (χ0n) is 10.8. The van der Waals surface area contributed by atoms with Crippen molar-refractivity contribution in [2.45, 2.75) is 45.4 Å². The summed E-state index contributed by atoms with van der Waals surface area (Å²) in [5.74, 6) is 0.111. The number of hydrogen-bond acceptors (Lipinski definition) is 3. The van der Waals surface area contributed by atoms with E-state index in [1.807, 2.05) is 0 Å². The summed E-state index contributed by atoms with van der Waals surface area (Å²) >= 11 is 0. The normalized spacial score (nSPS) is 35.2. The van der Waals surface area contributed by atoms with Crippen LogP contribution in [0.5, 0.6) is 0 Å². The number of fused-ring (bicyclic) bond motifs is 1. The Balaban J connectivity index is 2.22. The van der Waals surface area contributed by atoms with Crippen molar-refractivity contribution >= 4 is 11.6 Å². The molecule has 18 heavy (non-hydrogen) atoms. The molecule has 2 aliphatic rings. The topological polar surface area (TPSA) is 82.9 Å². The third kappa shape index (κ3) is 2.03. The number of nitrogens with zero attached hydrogens (tertiary/aromatic N) is 3. The molecule has 0 aromatic rings. The second-order valence-corrected chi connectivity index (χ2v) is 5.48. The molecule has 0 spiro atoms. The Bertz CT molecular complexity index is 414. The fourth-order valence-electron chi connectivity index (χ4n) is 3.84. The summed E-state index contributed by atoms with van der Waals surface area (Å²) in [4.78, 5) is 26.9. The molecule has 3 atom stereocenters. The Labute approximate surface area is 107 Å². The van der Waals surface area contributed by atoms with Gasteiger partial charge in [0.05, 0.1) is 0 Å². The van der Waals surface area contributed by atoms with E-state index in [1.54, 1.807) is 0 Å². The second kappa shape index (κ2) is 5.11. The van der Waals surface area contributed by atoms with Crippen LogP contribution in [0.4, 0.5) is 0 Å². The molecule has 2 aliphatic carbocycles. The summed E-state index contributed by atoms with van der Waals surface area (Å²) in [5, 5.41) is 3.51. The highest BCUT2D eigenvalue weighted by Gasteiger charge is 2.54. The van der Waals surface area contributed by atoms with E-state index < -0.39 is 0 Å². The number of hydrogen-bond donors (Lipinski definition) is 0. The number of ketones is 2. The van der Waals surface area contributed by atoms with E-state index in [0.717, 1.165) is 19.3 Å². The molecule has 0 radical (unpaired) electrons. The van der Waals surface area contributed by atoms with Crippen molar-refractivity contribution in [1.29, 1.82) is 0 Å². The standard InChI is InChI=1S/C13H19N3O2/c1-2-13-6-3-10(17)9(5-8-15-16-14)12(13)11(18)4-7-13/h9,12H,2-8H2,1H3/t9-,12+,13-/m0/s1. The first-order chi connectivity index (χ1) is 8.64. The van der Waals surface area contributed by atoms with Gasteiger partial charge in [0.15, 0.2) is 0 Å². The van der Waals surface area contributed by atoms with E-state index in [1.165, 1.54) is 0 Å². The molecule has 0 heterocycles. The summed E-state index contributed by atoms with van der Waals surface area (Å²) in [6.45, 7) is 2.43. The highest BCUT2D eigenvalue weighted by molar-refractivity contribution is 5.93. The molecular formula is C13H19N3O2. The predicted octanol–water partition coefficient (Wildman–Crippen LogP) is 3.04. The lowest BCUT2D eigenvalue weighted by Crippen LogP contribution is -2.43. The Kier molecular flexibility index (Phi) is 3.71. The van der Waals surface area contributed by atoms with Gasteiger partial charge in [-0.1, -0.05) is 12.0 Å². The third-order valence-corrected chi connectivity index (χ3v) is 4.87. The van der Waals surface area contributed by atoms with Crippen LogP contribution >= 0.6 is 0 Å². The molecule has 2 fully saturated rings. The van der Waals surface area contributed by atoms with Gasteiger partial charge in [-0.15, -0.1) is 0 Å². The van der Waals surface area contributed by atoms with E-state index >= 15 is 0 Å². The Hall–Kier alpha value is -1.35. The highest BCUT2D eigenvalue weighted by atomic mass is 16.1. The Morgan fingerprint density at radius 1 is 1.33 bits per heavy atom. The third-order valence-electron chi connectivity index (χ3n) is 4.87. The zero-order valence-corrected chi connectivity index (χ0v) is 10.8. The average molecular weight is 249 g/mol. The van der Waals surface area contributed by atoms with E-state index in [0.29, 0.717) is 25.8 Å². The van der Waals surface area contributed by atoms with E-state index in [-0.39, 0.29) is 28.8 Å². The van der Waals surface area contributed by atoms with Crippen molar-refractivity contribution in [2.24, 2.45) is 22.4 Å². The van der Waals surface area contributed by atoms with Crippen molar-refractivity contribution in [3.8, 4) is 0 Å². The smallest absolute Gasteiger partial charge is 0.137 e. The molecule has 0 N–H and O–H groups in total. The van der Waals surface area contributed by atoms with Gasteiger partial charge in [-0.25, -0.2) is 0 Å². The Morgan fingerprint density at radius 3 is 2.61 bits per heavy atom. The molecule has 0 unspecified atom stereocenters. The summed E-state index contributed by atoms with van der Waals surface area (Å²) in [7, 11) is 0. The van der Waals surface area contributed by atoms with Gasteiger partial charge in [0, 0.05) is 36.1 Å². The number of rotatable bonds is 4. The van der Waals surface area contributed by atoms with Crippen molar-refractivity contribution in [1.82, 2.24) is 0 Å². The maximum atomic E-state index is 12.1. The lowest BCUT2D eigenvalue weighted by molar-refractivity contribution is -0.138. The van der Waals surface area contributed by atoms with Gasteiger partial charge in [0.2, 0.25) is 0 Å². The molecule has 5 heteroatoms. The van der Waals surface area contributed by atoms with E-state index in [4.69, 9.17) is 5.53 Å². The zero-order chi connectivity index (χ0) is 13.2. The molecule has 2 rings (SSSR count). The summed E-state index contributed by atoms with van der Waals surface area (Å²) in [6, 6.07) is 0. The summed E-state index contributed by atoms with van der Waals surface area (Å²) < 4.78 is 0. The van der Waals surface area contributed by atoms with Crippen LogP contribution in [0.1, 0.15) is 45.4 Å². The van der Waals surface area contributed by atoms with E-state index in [9.17, 15) is 9.59 Å². The molecule has 98 valence electrons. The van der Waals surface area contributed by atoms with Gasteiger partial charge < -0.3 is 0 Å². The van der Waals surface area contributed by atoms with E-state index in [2.05, 4.69) is 16.9 Å². The molecule has 0 saturated heterocycles. The van der Waals surface area contributed by atoms with Crippen LogP contribution in [0.2, 0.25) is 0 Å². The van der Waals surface area contributed by atoms with Crippen LogP contribution in [-0.2, 0) is 9.59 Å². The first-order valence-electron chi connectivity index (χ1n) is 6.71. The Morgan fingerprint density at radius 2 is 2.00 bits per heavy atom. The maximum Gasteiger partial charge on any atom is 0.137 e. The first kappa shape index (κ1) is 13.1. The van der Waals surface area contributed by atoms with Crippen LogP contribution in [0.3, 0.4) is 0 Å². The monoisotopic (exact) mass is 249 g/mol.